The molecule has 0 spiro atoms. The van der Waals surface area contributed by atoms with Crippen molar-refractivity contribution in [2.75, 3.05) is 13.1 Å². The Morgan fingerprint density at radius 1 is 0.489 bits per heavy atom. The number of guanidine groups is 1. The Balaban J connectivity index is 3.70. The Labute approximate surface area is 511 Å². The summed E-state index contributed by atoms with van der Waals surface area (Å²) in [5.41, 5.74) is 33.7. The van der Waals surface area contributed by atoms with Gasteiger partial charge in [-0.25, -0.2) is 4.79 Å². The number of carboxylic acid groups (broad SMARTS) is 2. The van der Waals surface area contributed by atoms with Crippen LogP contribution in [0.1, 0.15) is 132 Å². The number of rotatable bonds is 42. The van der Waals surface area contributed by atoms with E-state index in [-0.39, 0.29) is 93.9 Å². The molecule has 0 saturated heterocycles. The Morgan fingerprint density at radius 2 is 0.886 bits per heavy atom. The molecule has 0 radical (unpaired) electrons. The molecule has 0 aliphatic carbocycles. The van der Waals surface area contributed by atoms with Crippen LogP contribution < -0.4 is 82.3 Å². The van der Waals surface area contributed by atoms with E-state index in [4.69, 9.17) is 34.4 Å². The second kappa shape index (κ2) is 39.2. The van der Waals surface area contributed by atoms with Crippen LogP contribution in [0.5, 0.6) is 5.75 Å². The molecule has 0 aromatic heterocycles. The van der Waals surface area contributed by atoms with Gasteiger partial charge in [0.1, 0.15) is 60.1 Å². The summed E-state index contributed by atoms with van der Waals surface area (Å²) in [5, 5.41) is 51.7. The lowest BCUT2D eigenvalue weighted by Crippen LogP contribution is -2.62. The summed E-state index contributed by atoms with van der Waals surface area (Å²) in [4.78, 5) is 178. The van der Waals surface area contributed by atoms with Crippen molar-refractivity contribution < 1.29 is 77.6 Å². The summed E-state index contributed by atoms with van der Waals surface area (Å²) in [6, 6.07) is -10.0. The molecular formula is C56H94N16O16. The van der Waals surface area contributed by atoms with E-state index >= 15 is 0 Å². The highest BCUT2D eigenvalue weighted by Crippen LogP contribution is 2.16. The third-order valence-corrected chi connectivity index (χ3v) is 13.7. The van der Waals surface area contributed by atoms with Crippen LogP contribution in [0.4, 0.5) is 0 Å². The summed E-state index contributed by atoms with van der Waals surface area (Å²) >= 11 is 0. The number of unbranched alkanes of at least 4 members (excludes halogenated alkanes) is 1. The average Bonchev–Trinajstić information content (AvgIpc) is 1.52. The molecule has 0 aliphatic rings. The molecule has 24 N–H and O–H groups in total. The Hall–Kier alpha value is -8.68. The third-order valence-electron chi connectivity index (χ3n) is 13.7. The predicted molar refractivity (Wildman–Crippen MR) is 321 cm³/mol. The molecule has 88 heavy (non-hydrogen) atoms. The van der Waals surface area contributed by atoms with Crippen molar-refractivity contribution in [3.8, 4) is 5.75 Å². The maximum absolute atomic E-state index is 14.5. The minimum Gasteiger partial charge on any atom is -0.508 e. The minimum atomic E-state index is -1.87. The van der Waals surface area contributed by atoms with Gasteiger partial charge in [0.2, 0.25) is 65.0 Å². The van der Waals surface area contributed by atoms with Crippen LogP contribution in [0.25, 0.3) is 0 Å². The summed E-state index contributed by atoms with van der Waals surface area (Å²) in [6.45, 7) is 13.7. The van der Waals surface area contributed by atoms with Crippen molar-refractivity contribution in [3.05, 3.63) is 29.8 Å². The molecular weight excluding hydrogens is 1150 g/mol. The fraction of sp³-hybridized carbons (Fsp3) is 0.643. The summed E-state index contributed by atoms with van der Waals surface area (Å²) in [6.07, 6.45) is -2.53. The Kier molecular flexibility index (Phi) is 34.4. The van der Waals surface area contributed by atoms with E-state index in [1.807, 2.05) is 0 Å². The van der Waals surface area contributed by atoms with Crippen LogP contribution in [0, 0.1) is 23.7 Å². The van der Waals surface area contributed by atoms with Crippen LogP contribution in [0.3, 0.4) is 0 Å². The molecule has 0 saturated carbocycles. The van der Waals surface area contributed by atoms with E-state index in [1.165, 1.54) is 24.3 Å². The number of phenolic OH excluding ortho intramolecular Hbond substituents is 1. The molecule has 494 valence electrons. The number of hydrogen-bond donors (Lipinski definition) is 18. The first-order valence-corrected chi connectivity index (χ1v) is 29.1. The van der Waals surface area contributed by atoms with Gasteiger partial charge in [0.05, 0.1) is 25.3 Å². The highest BCUT2D eigenvalue weighted by molar-refractivity contribution is 6.00. The smallest absolute Gasteiger partial charge is 0.326 e. The number of amides is 11. The van der Waals surface area contributed by atoms with Crippen molar-refractivity contribution in [3.63, 3.8) is 0 Å². The number of carbonyl (C=O) groups excluding carboxylic acids is 11. The Morgan fingerprint density at radius 3 is 1.32 bits per heavy atom. The highest BCUT2D eigenvalue weighted by Gasteiger charge is 2.38. The first kappa shape index (κ1) is 77.3. The fourth-order valence-corrected chi connectivity index (χ4v) is 8.63. The molecule has 0 heterocycles. The normalized spacial score (nSPS) is 14.9. The number of carboxylic acids is 2. The summed E-state index contributed by atoms with van der Waals surface area (Å²) < 4.78 is 0. The molecule has 0 fully saturated rings. The lowest BCUT2D eigenvalue weighted by Gasteiger charge is -2.29. The van der Waals surface area contributed by atoms with E-state index < -0.39 is 163 Å². The first-order chi connectivity index (χ1) is 41.1. The van der Waals surface area contributed by atoms with Gasteiger partial charge in [-0.05, 0) is 92.9 Å². The second-order valence-corrected chi connectivity index (χ2v) is 22.8. The van der Waals surface area contributed by atoms with E-state index in [1.54, 1.807) is 55.4 Å². The van der Waals surface area contributed by atoms with E-state index in [0.29, 0.717) is 12.0 Å². The van der Waals surface area contributed by atoms with Crippen molar-refractivity contribution in [2.45, 2.75) is 193 Å². The average molecular weight is 1250 g/mol. The number of primary amides is 2. The van der Waals surface area contributed by atoms with Crippen LogP contribution in [0.2, 0.25) is 0 Å². The van der Waals surface area contributed by atoms with Gasteiger partial charge in [0.25, 0.3) is 0 Å². The van der Waals surface area contributed by atoms with Crippen molar-refractivity contribution >= 4 is 82.9 Å². The summed E-state index contributed by atoms with van der Waals surface area (Å²) in [7, 11) is 0. The molecule has 0 bridgehead atoms. The van der Waals surface area contributed by atoms with Gasteiger partial charge in [-0.3, -0.25) is 62.5 Å². The van der Waals surface area contributed by atoms with Gasteiger partial charge in [0.15, 0.2) is 5.96 Å². The molecule has 1 rings (SSSR count). The minimum absolute atomic E-state index is 0.0155. The molecule has 1 aromatic rings. The molecule has 0 aliphatic heterocycles. The van der Waals surface area contributed by atoms with Gasteiger partial charge >= 0.3 is 11.9 Å². The molecule has 32 nitrogen and oxygen atoms in total. The maximum atomic E-state index is 14.5. The number of hydrogen-bond acceptors (Lipinski definition) is 17. The highest BCUT2D eigenvalue weighted by atomic mass is 16.4. The van der Waals surface area contributed by atoms with E-state index in [9.17, 15) is 77.6 Å². The van der Waals surface area contributed by atoms with Crippen LogP contribution in [-0.4, -0.2) is 172 Å². The maximum Gasteiger partial charge on any atom is 0.326 e. The predicted octanol–water partition coefficient (Wildman–Crippen LogP) is -4.09. The molecule has 11 atom stereocenters. The van der Waals surface area contributed by atoms with Crippen LogP contribution in [-0.2, 0) is 68.7 Å². The van der Waals surface area contributed by atoms with Crippen LogP contribution in [0.15, 0.2) is 29.3 Å². The SMILES string of the molecule is CC[C@H](C)[C@H](NC(=O)[C@H](Cc1ccc(O)cc1)NC(=O)[C@H](CC(N)=O)NC(=O)[C@H](CCCCN)NC(=O)[C@H](CC(C)C)NC(=O)[C@H](CC(=O)O)NC(=O)[C@H](CC(C)C)NC(=O)[C@@H](N)C(C)C)C(=O)N[C@@H](CC(N)=O)C(=O)N[C@@H](CCCN=C(N)N)C(=O)O. The monoisotopic (exact) mass is 1250 g/mol. The number of aliphatic carboxylic acids is 2. The first-order valence-electron chi connectivity index (χ1n) is 29.1. The topological polar surface area (TPSA) is 559 Å². The van der Waals surface area contributed by atoms with Gasteiger partial charge in [0, 0.05) is 13.0 Å². The number of aliphatic imine (C=N–C) groups is 1. The molecule has 0 unspecified atom stereocenters. The lowest BCUT2D eigenvalue weighted by atomic mass is 9.96. The summed E-state index contributed by atoms with van der Waals surface area (Å²) in [5.74, 6) is -16.2. The van der Waals surface area contributed by atoms with Crippen molar-refractivity contribution in [1.29, 1.82) is 0 Å². The third kappa shape index (κ3) is 29.6. The zero-order valence-corrected chi connectivity index (χ0v) is 51.4. The Bertz CT molecular complexity index is 2580. The van der Waals surface area contributed by atoms with Gasteiger partial charge in [-0.15, -0.1) is 0 Å². The quantitative estimate of drug-likeness (QED) is 0.0168. The van der Waals surface area contributed by atoms with E-state index in [2.05, 4.69) is 52.8 Å². The number of nitrogens with one attached hydrogen (secondary N) is 9. The molecule has 11 amide bonds. The van der Waals surface area contributed by atoms with Gasteiger partial charge < -0.3 is 97.6 Å². The second-order valence-electron chi connectivity index (χ2n) is 22.8. The number of benzene rings is 1. The lowest BCUT2D eigenvalue weighted by molar-refractivity contribution is -0.143. The zero-order chi connectivity index (χ0) is 67.1. The molecule has 1 aromatic carbocycles. The zero-order valence-electron chi connectivity index (χ0n) is 51.4. The van der Waals surface area contributed by atoms with Crippen molar-refractivity contribution in [1.82, 2.24) is 47.9 Å². The number of phenols is 1. The molecule has 32 heteroatoms. The fourth-order valence-electron chi connectivity index (χ4n) is 8.63. The number of nitrogens with zero attached hydrogens (tertiary/aromatic N) is 1. The largest absolute Gasteiger partial charge is 0.508 e. The van der Waals surface area contributed by atoms with Gasteiger partial charge in [-0.2, -0.15) is 0 Å². The number of carbonyl (C=O) groups is 13. The van der Waals surface area contributed by atoms with Gasteiger partial charge in [-0.1, -0.05) is 73.9 Å². The van der Waals surface area contributed by atoms with E-state index in [0.717, 1.165) is 0 Å². The van der Waals surface area contributed by atoms with Crippen LogP contribution >= 0.6 is 0 Å². The number of aromatic hydroxyl groups is 1. The number of nitrogens with two attached hydrogens (primary N) is 6. The standard InChI is InChI=1S/C56H94N16O16/c1-9-30(8)45(54(86)71-39(25-42(59)75)49(81)65-34(55(87)88)14-12-20-63-56(61)62)72-52(84)37(23-31-15-17-32(73)18-16-31)67-50(82)38(24-41(58)74)68-46(78)33(13-10-11-19-57)64-47(79)35(21-27(2)3)66-51(83)40(26-43(76)77)69-48(80)36(22-28(4)5)70-53(85)44(60)29(6)7/h15-18,27-30,33-40,44-45,73H,9-14,19-26,57,60H2,1-8H3,(H2,58,74)(H2,59,75)(H,64,79)(H,65,81)(H,66,83)(H,67,82)(H,68,78)(H,69,80)(H,70,85)(H,71,86)(H,72,84)(H,76,77)(H,87,88)(H4,61,62,63)/t30-,33-,34-,35-,36-,37-,38-,39-,40-,44-,45-/m0/s1. The van der Waals surface area contributed by atoms with Crippen molar-refractivity contribution in [2.24, 2.45) is 63.1 Å².